The van der Waals surface area contributed by atoms with Crippen molar-refractivity contribution in [2.75, 3.05) is 7.05 Å². The molecule has 0 aromatic heterocycles. The fourth-order valence-corrected chi connectivity index (χ4v) is 0.396. The van der Waals surface area contributed by atoms with E-state index in [1.165, 1.54) is 0 Å². The zero-order valence-electron chi connectivity index (χ0n) is 7.57. The summed E-state index contributed by atoms with van der Waals surface area (Å²) in [5.41, 5.74) is 1.10. The van der Waals surface area contributed by atoms with E-state index in [-0.39, 0.29) is 0 Å². The number of aliphatic imine (C=N–C) groups is 1. The summed E-state index contributed by atoms with van der Waals surface area (Å²) >= 11 is 0. The Morgan fingerprint density at radius 1 is 1.27 bits per heavy atom. The Labute approximate surface area is 67.9 Å². The molecule has 0 aliphatic carbocycles. The van der Waals surface area contributed by atoms with Crippen molar-refractivity contribution in [2.45, 2.75) is 20.8 Å². The number of azo groups is 1. The van der Waals surface area contributed by atoms with Gasteiger partial charge in [0.1, 0.15) is 0 Å². The van der Waals surface area contributed by atoms with Crippen LogP contribution in [0.2, 0.25) is 0 Å². The average Bonchev–Trinajstić information content (AvgIpc) is 1.97. The predicted octanol–water partition coefficient (Wildman–Crippen LogP) is 2.66. The summed E-state index contributed by atoms with van der Waals surface area (Å²) in [5.74, 6) is 0.498. The Hall–Kier alpha value is -0.990. The molecule has 3 heteroatoms. The molecule has 0 aliphatic rings. The fraction of sp³-hybridized carbons (Fsp3) is 0.625. The average molecular weight is 153 g/mol. The second kappa shape index (κ2) is 5.77. The lowest BCUT2D eigenvalue weighted by Crippen LogP contribution is -1.99. The van der Waals surface area contributed by atoms with Gasteiger partial charge >= 0.3 is 0 Å². The third-order valence-corrected chi connectivity index (χ3v) is 1.36. The molecule has 0 aromatic carbocycles. The van der Waals surface area contributed by atoms with Crippen LogP contribution in [0.25, 0.3) is 0 Å². The van der Waals surface area contributed by atoms with Gasteiger partial charge in [-0.1, -0.05) is 13.8 Å². The van der Waals surface area contributed by atoms with E-state index in [4.69, 9.17) is 0 Å². The molecular weight excluding hydrogens is 138 g/mol. The molecular formula is C8H15N3. The Morgan fingerprint density at radius 2 is 1.91 bits per heavy atom. The maximum absolute atomic E-state index is 4.14. The molecule has 0 fully saturated rings. The predicted molar refractivity (Wildman–Crippen MR) is 47.9 cm³/mol. The summed E-state index contributed by atoms with van der Waals surface area (Å²) in [6.07, 6.45) is 3.23. The van der Waals surface area contributed by atoms with Crippen LogP contribution < -0.4 is 0 Å². The molecule has 0 amide bonds. The third kappa shape index (κ3) is 5.45. The minimum Gasteiger partial charge on any atom is -0.264 e. The van der Waals surface area contributed by atoms with Crippen LogP contribution in [0.4, 0.5) is 0 Å². The summed E-state index contributed by atoms with van der Waals surface area (Å²) in [5, 5.41) is 7.19. The van der Waals surface area contributed by atoms with Crippen molar-refractivity contribution >= 4 is 5.71 Å². The van der Waals surface area contributed by atoms with Gasteiger partial charge in [0, 0.05) is 19.0 Å². The van der Waals surface area contributed by atoms with E-state index in [2.05, 4.69) is 29.1 Å². The molecule has 0 aromatic rings. The van der Waals surface area contributed by atoms with E-state index in [9.17, 15) is 0 Å². The van der Waals surface area contributed by atoms with Gasteiger partial charge in [0.25, 0.3) is 0 Å². The second-order valence-electron chi connectivity index (χ2n) is 2.54. The molecule has 0 rings (SSSR count). The van der Waals surface area contributed by atoms with Crippen molar-refractivity contribution in [1.82, 2.24) is 0 Å². The maximum Gasteiger partial charge on any atom is 0.0674 e. The zero-order chi connectivity index (χ0) is 8.69. The molecule has 0 unspecified atom stereocenters. The Bertz CT molecular complexity index is 178. The third-order valence-electron chi connectivity index (χ3n) is 1.36. The van der Waals surface area contributed by atoms with Gasteiger partial charge in [0.05, 0.1) is 6.20 Å². The Balaban J connectivity index is 3.91. The first-order valence-corrected chi connectivity index (χ1v) is 3.66. The van der Waals surface area contributed by atoms with Crippen LogP contribution in [-0.2, 0) is 0 Å². The molecule has 0 heterocycles. The van der Waals surface area contributed by atoms with Gasteiger partial charge < -0.3 is 0 Å². The highest BCUT2D eigenvalue weighted by molar-refractivity contribution is 5.84. The monoisotopic (exact) mass is 153 g/mol. The van der Waals surface area contributed by atoms with Gasteiger partial charge in [-0.2, -0.15) is 10.2 Å². The van der Waals surface area contributed by atoms with E-state index in [0.717, 1.165) is 5.71 Å². The molecule has 0 bridgehead atoms. The highest BCUT2D eigenvalue weighted by Crippen LogP contribution is 1.96. The van der Waals surface area contributed by atoms with Crippen molar-refractivity contribution in [1.29, 1.82) is 0 Å². The number of hydrogen-bond donors (Lipinski definition) is 0. The summed E-state index contributed by atoms with van der Waals surface area (Å²) in [6.45, 7) is 6.21. The number of nitrogens with zero attached hydrogens (tertiary/aromatic N) is 3. The molecule has 0 radical (unpaired) electrons. The van der Waals surface area contributed by atoms with Crippen molar-refractivity contribution in [3.63, 3.8) is 0 Å². The maximum atomic E-state index is 4.14. The van der Waals surface area contributed by atoms with E-state index < -0.39 is 0 Å². The van der Waals surface area contributed by atoms with Crippen LogP contribution in [0.5, 0.6) is 0 Å². The van der Waals surface area contributed by atoms with Crippen LogP contribution >= 0.6 is 0 Å². The van der Waals surface area contributed by atoms with Crippen molar-refractivity contribution in [3.8, 4) is 0 Å². The van der Waals surface area contributed by atoms with E-state index in [0.29, 0.717) is 5.92 Å². The molecule has 0 saturated carbocycles. The molecule has 62 valence electrons. The zero-order valence-corrected chi connectivity index (χ0v) is 7.57. The number of rotatable bonds is 3. The molecule has 11 heavy (non-hydrogen) atoms. The van der Waals surface area contributed by atoms with Crippen molar-refractivity contribution in [3.05, 3.63) is 12.4 Å². The van der Waals surface area contributed by atoms with E-state index in [1.54, 1.807) is 19.4 Å². The van der Waals surface area contributed by atoms with Gasteiger partial charge in [0.2, 0.25) is 0 Å². The lowest BCUT2D eigenvalue weighted by Gasteiger charge is -1.99. The summed E-state index contributed by atoms with van der Waals surface area (Å²) in [4.78, 5) is 4.14. The van der Waals surface area contributed by atoms with Gasteiger partial charge in [0.15, 0.2) is 0 Å². The fourth-order valence-electron chi connectivity index (χ4n) is 0.396. The summed E-state index contributed by atoms with van der Waals surface area (Å²) in [6, 6.07) is 0. The van der Waals surface area contributed by atoms with Gasteiger partial charge in [-0.15, -0.1) is 0 Å². The minimum atomic E-state index is 0.498. The van der Waals surface area contributed by atoms with Crippen LogP contribution in [0.1, 0.15) is 20.8 Å². The second-order valence-corrected chi connectivity index (χ2v) is 2.54. The molecule has 0 saturated heterocycles. The number of hydrogen-bond acceptors (Lipinski definition) is 3. The normalized spacial score (nSPS) is 14.1. The highest BCUT2D eigenvalue weighted by Gasteiger charge is 1.93. The molecule has 0 N–H and O–H groups in total. The van der Waals surface area contributed by atoms with Gasteiger partial charge in [-0.3, -0.25) is 4.99 Å². The molecule has 0 aliphatic heterocycles. The SMILES string of the molecule is C\N=N/C=C\N=C(/C)C(C)C. The topological polar surface area (TPSA) is 37.1 Å². The van der Waals surface area contributed by atoms with Crippen LogP contribution in [0.15, 0.2) is 27.6 Å². The van der Waals surface area contributed by atoms with Crippen molar-refractivity contribution in [2.24, 2.45) is 21.1 Å². The van der Waals surface area contributed by atoms with E-state index in [1.807, 2.05) is 6.92 Å². The lowest BCUT2D eigenvalue weighted by atomic mass is 10.1. The van der Waals surface area contributed by atoms with Crippen molar-refractivity contribution < 1.29 is 0 Å². The van der Waals surface area contributed by atoms with Crippen LogP contribution in [-0.4, -0.2) is 12.8 Å². The summed E-state index contributed by atoms with van der Waals surface area (Å²) < 4.78 is 0. The smallest absolute Gasteiger partial charge is 0.0674 e. The van der Waals surface area contributed by atoms with Gasteiger partial charge in [-0.05, 0) is 12.8 Å². The first kappa shape index (κ1) is 10.0. The first-order valence-electron chi connectivity index (χ1n) is 3.66. The molecule has 3 nitrogen and oxygen atoms in total. The standard InChI is InChI=1S/C8H15N3/c1-7(2)8(3)10-5-6-11-9-4/h5-7H,1-4H3/b6-5-,10-8+,11-9-. The molecule has 0 spiro atoms. The van der Waals surface area contributed by atoms with Crippen LogP contribution in [0, 0.1) is 5.92 Å². The Kier molecular flexibility index (Phi) is 5.25. The lowest BCUT2D eigenvalue weighted by molar-refractivity contribution is 0.878. The highest BCUT2D eigenvalue weighted by atomic mass is 15.1. The Morgan fingerprint density at radius 3 is 2.36 bits per heavy atom. The van der Waals surface area contributed by atoms with E-state index >= 15 is 0 Å². The minimum absolute atomic E-state index is 0.498. The van der Waals surface area contributed by atoms with Crippen LogP contribution in [0.3, 0.4) is 0 Å². The largest absolute Gasteiger partial charge is 0.264 e. The quantitative estimate of drug-likeness (QED) is 0.441. The van der Waals surface area contributed by atoms with Gasteiger partial charge in [-0.25, -0.2) is 0 Å². The summed E-state index contributed by atoms with van der Waals surface area (Å²) in [7, 11) is 1.63. The first-order chi connectivity index (χ1) is 5.18. The molecule has 0 atom stereocenters.